The smallest absolute Gasteiger partial charge is 0.00905 e. The largest absolute Gasteiger partial charge is 0.0622 e. The summed E-state index contributed by atoms with van der Waals surface area (Å²) < 4.78 is 0. The molecule has 13 rings (SSSR count). The highest BCUT2D eigenvalue weighted by atomic mass is 14.7. The molecule has 0 heteroatoms. The molecule has 0 nitrogen and oxygen atoms in total. The van der Waals surface area contributed by atoms with Crippen LogP contribution in [0.4, 0.5) is 0 Å². The van der Waals surface area contributed by atoms with Gasteiger partial charge >= 0.3 is 0 Å². The van der Waals surface area contributed by atoms with Crippen LogP contribution in [0.3, 0.4) is 0 Å². The van der Waals surface area contributed by atoms with Crippen molar-refractivity contribution in [2.24, 2.45) is 94.7 Å². The Morgan fingerprint density at radius 1 is 0.315 bits per heavy atom. The van der Waals surface area contributed by atoms with Gasteiger partial charge in [0.2, 0.25) is 0 Å². The minimum Gasteiger partial charge on any atom is -0.0622 e. The summed E-state index contributed by atoms with van der Waals surface area (Å²) in [4.78, 5) is 0. The van der Waals surface area contributed by atoms with Crippen LogP contribution in [0.1, 0.15) is 113 Å². The van der Waals surface area contributed by atoms with Crippen LogP contribution in [0.15, 0.2) is 97.1 Å². The second-order valence-electron chi connectivity index (χ2n) is 21.0. The van der Waals surface area contributed by atoms with Crippen LogP contribution < -0.4 is 0 Å². The van der Waals surface area contributed by atoms with Crippen molar-refractivity contribution in [2.45, 2.75) is 102 Å². The fourth-order valence-corrected chi connectivity index (χ4v) is 19.1. The molecule has 0 aliphatic heterocycles. The van der Waals surface area contributed by atoms with E-state index >= 15 is 0 Å². The van der Waals surface area contributed by atoms with Gasteiger partial charge in [-0.15, -0.1) is 0 Å². The Morgan fingerprint density at radius 3 is 1.50 bits per heavy atom. The lowest BCUT2D eigenvalue weighted by atomic mass is 9.40. The van der Waals surface area contributed by atoms with Crippen molar-refractivity contribution in [3.05, 3.63) is 108 Å². The lowest BCUT2D eigenvalue weighted by Gasteiger charge is -2.65. The first kappa shape index (κ1) is 32.2. The highest BCUT2D eigenvalue weighted by molar-refractivity contribution is 5.86. The molecule has 0 bridgehead atoms. The summed E-state index contributed by atoms with van der Waals surface area (Å²) in [6, 6.07) is 38.6. The molecule has 0 amide bonds. The molecule has 9 aliphatic carbocycles. The normalized spacial score (nSPS) is 46.6. The van der Waals surface area contributed by atoms with Gasteiger partial charge in [0.25, 0.3) is 0 Å². The van der Waals surface area contributed by atoms with Gasteiger partial charge in [-0.1, -0.05) is 110 Å². The number of hydrogen-bond acceptors (Lipinski definition) is 0. The lowest BCUT2D eigenvalue weighted by Crippen LogP contribution is -2.59. The summed E-state index contributed by atoms with van der Waals surface area (Å²) in [5, 5.41) is 3.06. The summed E-state index contributed by atoms with van der Waals surface area (Å²) in [5.74, 6) is 17.3. The van der Waals surface area contributed by atoms with Crippen molar-refractivity contribution >= 4 is 10.8 Å². The van der Waals surface area contributed by atoms with Crippen LogP contribution in [0.2, 0.25) is 0 Å². The molecule has 18 atom stereocenters. The Morgan fingerprint density at radius 2 is 0.796 bits per heavy atom. The van der Waals surface area contributed by atoms with E-state index in [2.05, 4.69) is 97.1 Å². The minimum atomic E-state index is 0.703. The zero-order valence-corrected chi connectivity index (χ0v) is 32.5. The molecule has 9 fully saturated rings. The standard InChI is InChI=1S/C54H62/c1-2-11-31(12-3-1)35-16-6-7-17-37(35)50-39-18-8-9-19-40(39)51(38-20-10-14-32-13-4-5-15-36(32)38)54-46-30-28-44-42-26-24-34-22-21-33-23-25-41(48(42)47(33)34)43-27-29-45(53(50)54)52(46)49(43)44/h1-7,10-17,20,33-34,39-54H,8-9,18-19,21-30H2. The lowest BCUT2D eigenvalue weighted by molar-refractivity contribution is -0.169. The minimum absolute atomic E-state index is 0.703. The molecule has 0 aromatic heterocycles. The van der Waals surface area contributed by atoms with E-state index in [4.69, 9.17) is 0 Å². The average Bonchev–Trinajstić information content (AvgIpc) is 3.82. The Hall–Kier alpha value is -2.86. The maximum atomic E-state index is 2.65. The van der Waals surface area contributed by atoms with Gasteiger partial charge in [0, 0.05) is 0 Å². The first-order chi connectivity index (χ1) is 26.8. The third kappa shape index (κ3) is 4.39. The molecule has 0 saturated heterocycles. The predicted octanol–water partition coefficient (Wildman–Crippen LogP) is 13.8. The van der Waals surface area contributed by atoms with Crippen LogP contribution in [-0.2, 0) is 0 Å². The molecule has 9 saturated carbocycles. The van der Waals surface area contributed by atoms with Crippen molar-refractivity contribution in [1.82, 2.24) is 0 Å². The summed E-state index contributed by atoms with van der Waals surface area (Å²) >= 11 is 0. The van der Waals surface area contributed by atoms with E-state index in [1.165, 1.54) is 36.6 Å². The maximum absolute atomic E-state index is 2.65. The van der Waals surface area contributed by atoms with E-state index in [0.29, 0.717) is 5.92 Å². The molecule has 18 unspecified atom stereocenters. The van der Waals surface area contributed by atoms with Crippen LogP contribution >= 0.6 is 0 Å². The molecule has 9 aliphatic rings. The van der Waals surface area contributed by atoms with Crippen LogP contribution in [0.5, 0.6) is 0 Å². The van der Waals surface area contributed by atoms with Gasteiger partial charge in [-0.25, -0.2) is 0 Å². The fourth-order valence-electron chi connectivity index (χ4n) is 19.1. The van der Waals surface area contributed by atoms with Gasteiger partial charge in [-0.05, 0) is 217 Å². The summed E-state index contributed by atoms with van der Waals surface area (Å²) in [6.45, 7) is 0. The number of benzene rings is 4. The van der Waals surface area contributed by atoms with E-state index in [-0.39, 0.29) is 0 Å². The van der Waals surface area contributed by atoms with Gasteiger partial charge in [-0.3, -0.25) is 0 Å². The second-order valence-corrected chi connectivity index (χ2v) is 21.0. The Labute approximate surface area is 325 Å². The summed E-state index contributed by atoms with van der Waals surface area (Å²) in [6.07, 6.45) is 21.6. The molecule has 54 heavy (non-hydrogen) atoms. The maximum Gasteiger partial charge on any atom is -0.00905 e. The topological polar surface area (TPSA) is 0 Å². The molecular weight excluding hydrogens is 649 g/mol. The fraction of sp³-hybridized carbons (Fsp3) is 0.593. The van der Waals surface area contributed by atoms with Crippen molar-refractivity contribution < 1.29 is 0 Å². The van der Waals surface area contributed by atoms with Crippen molar-refractivity contribution in [3.63, 3.8) is 0 Å². The van der Waals surface area contributed by atoms with Crippen LogP contribution in [0, 0.1) is 94.7 Å². The Kier molecular flexibility index (Phi) is 7.36. The predicted molar refractivity (Wildman–Crippen MR) is 222 cm³/mol. The number of rotatable bonds is 3. The molecule has 0 N–H and O–H groups in total. The van der Waals surface area contributed by atoms with Crippen molar-refractivity contribution in [1.29, 1.82) is 0 Å². The monoisotopic (exact) mass is 710 g/mol. The van der Waals surface area contributed by atoms with E-state index in [1.54, 1.807) is 86.3 Å². The Balaban J connectivity index is 0.994. The molecule has 0 spiro atoms. The van der Waals surface area contributed by atoms with E-state index in [1.807, 2.05) is 0 Å². The molecular formula is C54H62. The van der Waals surface area contributed by atoms with Gasteiger partial charge < -0.3 is 0 Å². The van der Waals surface area contributed by atoms with Gasteiger partial charge in [-0.2, -0.15) is 0 Å². The molecule has 278 valence electrons. The summed E-state index contributed by atoms with van der Waals surface area (Å²) in [7, 11) is 0. The number of hydrogen-bond donors (Lipinski definition) is 0. The Bertz CT molecular complexity index is 2010. The van der Waals surface area contributed by atoms with Crippen LogP contribution in [0.25, 0.3) is 21.9 Å². The summed E-state index contributed by atoms with van der Waals surface area (Å²) in [5.41, 5.74) is 6.50. The molecule has 4 aromatic rings. The van der Waals surface area contributed by atoms with Gasteiger partial charge in [0.15, 0.2) is 0 Å². The third-order valence-electron chi connectivity index (χ3n) is 20.0. The third-order valence-corrected chi connectivity index (χ3v) is 20.0. The second kappa shape index (κ2) is 12.3. The van der Waals surface area contributed by atoms with E-state index in [9.17, 15) is 0 Å². The molecule has 0 heterocycles. The van der Waals surface area contributed by atoms with Crippen LogP contribution in [-0.4, -0.2) is 0 Å². The highest BCUT2D eigenvalue weighted by Crippen LogP contribution is 2.77. The van der Waals surface area contributed by atoms with Gasteiger partial charge in [0.05, 0.1) is 0 Å². The number of fused-ring (bicyclic) bond motifs is 7. The van der Waals surface area contributed by atoms with Crippen molar-refractivity contribution in [2.75, 3.05) is 0 Å². The molecule has 0 radical (unpaired) electrons. The highest BCUT2D eigenvalue weighted by Gasteiger charge is 2.70. The first-order valence-corrected chi connectivity index (χ1v) is 23.5. The quantitative estimate of drug-likeness (QED) is 0.199. The van der Waals surface area contributed by atoms with E-state index < -0.39 is 0 Å². The SMILES string of the molecule is c1ccc(-c2ccccc2C2C3CCCCC3C(c3cccc4ccccc34)C3C4CCC5C6CCC7CCC8CCC(C9CCC(C4C95)C23)C6C87)cc1. The van der Waals surface area contributed by atoms with E-state index in [0.717, 1.165) is 101 Å². The molecule has 4 aromatic carbocycles. The zero-order chi connectivity index (χ0) is 35.1. The first-order valence-electron chi connectivity index (χ1n) is 23.5. The van der Waals surface area contributed by atoms with Crippen molar-refractivity contribution in [3.8, 4) is 11.1 Å². The average molecular weight is 711 g/mol. The zero-order valence-electron chi connectivity index (χ0n) is 32.5. The van der Waals surface area contributed by atoms with Gasteiger partial charge in [0.1, 0.15) is 0 Å².